The Bertz CT molecular complexity index is 862. The van der Waals surface area contributed by atoms with Crippen LogP contribution in [0.15, 0.2) is 22.6 Å². The molecule has 2 fully saturated rings. The van der Waals surface area contributed by atoms with E-state index < -0.39 is 0 Å². The molecule has 0 bridgehead atoms. The van der Waals surface area contributed by atoms with Gasteiger partial charge in [0.05, 0.1) is 19.3 Å². The standard InChI is InChI=1S/C22H30FN3O3/c1-15-19-12-18(23)5-6-20(19)29-21(15)16(2)24-22(27)26-7-3-4-17(14-26)13-25-8-10-28-11-9-25/h5-6,12,16-17H,3-4,7-11,13-14H2,1-2H3,(H,24,27). The van der Waals surface area contributed by atoms with Gasteiger partial charge in [0.1, 0.15) is 17.2 Å². The number of carbonyl (C=O) groups is 1. The maximum absolute atomic E-state index is 13.6. The number of carbonyl (C=O) groups excluding carboxylic acids is 1. The molecule has 1 aromatic carbocycles. The Morgan fingerprint density at radius 1 is 1.31 bits per heavy atom. The van der Waals surface area contributed by atoms with Crippen molar-refractivity contribution < 1.29 is 18.3 Å². The van der Waals surface area contributed by atoms with E-state index in [2.05, 4.69) is 10.2 Å². The molecule has 0 radical (unpaired) electrons. The third kappa shape index (κ3) is 4.56. The molecule has 2 saturated heterocycles. The number of halogens is 1. The number of piperidine rings is 1. The number of hydrogen-bond acceptors (Lipinski definition) is 4. The highest BCUT2D eigenvalue weighted by Gasteiger charge is 2.27. The van der Waals surface area contributed by atoms with Gasteiger partial charge in [-0.05, 0) is 50.8 Å². The fraction of sp³-hybridized carbons (Fsp3) is 0.591. The lowest BCUT2D eigenvalue weighted by Crippen LogP contribution is -2.49. The minimum Gasteiger partial charge on any atom is -0.459 e. The third-order valence-electron chi connectivity index (χ3n) is 6.09. The average molecular weight is 403 g/mol. The van der Waals surface area contributed by atoms with E-state index in [1.165, 1.54) is 12.1 Å². The first-order chi connectivity index (χ1) is 14.0. The zero-order valence-electron chi connectivity index (χ0n) is 17.2. The van der Waals surface area contributed by atoms with Crippen molar-refractivity contribution in [2.24, 2.45) is 5.92 Å². The minimum atomic E-state index is -0.288. The molecule has 158 valence electrons. The first-order valence-electron chi connectivity index (χ1n) is 10.6. The monoisotopic (exact) mass is 403 g/mol. The lowest BCUT2D eigenvalue weighted by molar-refractivity contribution is 0.0248. The van der Waals surface area contributed by atoms with Crippen LogP contribution in [0.5, 0.6) is 0 Å². The molecular weight excluding hydrogens is 373 g/mol. The van der Waals surface area contributed by atoms with Gasteiger partial charge in [0.2, 0.25) is 0 Å². The van der Waals surface area contributed by atoms with Crippen LogP contribution in [0.1, 0.15) is 37.1 Å². The molecule has 2 aromatic rings. The van der Waals surface area contributed by atoms with Gasteiger partial charge in [-0.25, -0.2) is 9.18 Å². The van der Waals surface area contributed by atoms with Crippen molar-refractivity contribution in [1.82, 2.24) is 15.1 Å². The van der Waals surface area contributed by atoms with Crippen molar-refractivity contribution in [1.29, 1.82) is 0 Å². The Labute approximate surface area is 171 Å². The summed E-state index contributed by atoms with van der Waals surface area (Å²) in [5.41, 5.74) is 1.51. The summed E-state index contributed by atoms with van der Waals surface area (Å²) in [6.45, 7) is 9.96. The number of likely N-dealkylation sites (tertiary alicyclic amines) is 1. The molecule has 0 aliphatic carbocycles. The Hall–Kier alpha value is -2.12. The highest BCUT2D eigenvalue weighted by Crippen LogP contribution is 2.30. The summed E-state index contributed by atoms with van der Waals surface area (Å²) in [5.74, 6) is 0.893. The lowest BCUT2D eigenvalue weighted by Gasteiger charge is -2.37. The molecule has 2 unspecified atom stereocenters. The van der Waals surface area contributed by atoms with Crippen LogP contribution >= 0.6 is 0 Å². The van der Waals surface area contributed by atoms with Crippen LogP contribution in [-0.4, -0.2) is 61.8 Å². The molecule has 4 rings (SSSR count). The van der Waals surface area contributed by atoms with Crippen LogP contribution in [0.3, 0.4) is 0 Å². The molecule has 1 N–H and O–H groups in total. The number of rotatable bonds is 4. The van der Waals surface area contributed by atoms with Crippen LogP contribution in [-0.2, 0) is 4.74 Å². The van der Waals surface area contributed by atoms with E-state index in [1.807, 2.05) is 18.7 Å². The summed E-state index contributed by atoms with van der Waals surface area (Å²) in [5, 5.41) is 3.83. The van der Waals surface area contributed by atoms with Gasteiger partial charge in [0, 0.05) is 43.7 Å². The zero-order chi connectivity index (χ0) is 20.4. The summed E-state index contributed by atoms with van der Waals surface area (Å²) in [4.78, 5) is 17.2. The number of ether oxygens (including phenoxy) is 1. The molecule has 0 spiro atoms. The van der Waals surface area contributed by atoms with Gasteiger partial charge >= 0.3 is 6.03 Å². The van der Waals surface area contributed by atoms with E-state index in [0.717, 1.165) is 69.7 Å². The van der Waals surface area contributed by atoms with E-state index in [9.17, 15) is 9.18 Å². The summed E-state index contributed by atoms with van der Waals surface area (Å²) in [6.07, 6.45) is 2.19. The first-order valence-corrected chi connectivity index (χ1v) is 10.6. The third-order valence-corrected chi connectivity index (χ3v) is 6.09. The molecule has 2 amide bonds. The number of nitrogens with one attached hydrogen (secondary N) is 1. The topological polar surface area (TPSA) is 58.0 Å². The number of nitrogens with zero attached hydrogens (tertiary/aromatic N) is 2. The highest BCUT2D eigenvalue weighted by atomic mass is 19.1. The summed E-state index contributed by atoms with van der Waals surface area (Å²) < 4.78 is 24.9. The van der Waals surface area contributed by atoms with Crippen LogP contribution in [0.2, 0.25) is 0 Å². The number of hydrogen-bond donors (Lipinski definition) is 1. The normalized spacial score (nSPS) is 22.0. The molecular formula is C22H30FN3O3. The predicted octanol–water partition coefficient (Wildman–Crippen LogP) is 3.70. The molecule has 3 heterocycles. The second kappa shape index (κ2) is 8.71. The number of urea groups is 1. The number of morpholine rings is 1. The molecule has 1 aromatic heterocycles. The smallest absolute Gasteiger partial charge is 0.317 e. The Morgan fingerprint density at radius 3 is 2.90 bits per heavy atom. The number of furan rings is 1. The Balaban J connectivity index is 1.37. The summed E-state index contributed by atoms with van der Waals surface area (Å²) in [6, 6.07) is 4.16. The fourth-order valence-electron chi connectivity index (χ4n) is 4.51. The highest BCUT2D eigenvalue weighted by molar-refractivity contribution is 5.82. The van der Waals surface area contributed by atoms with E-state index in [-0.39, 0.29) is 17.9 Å². The predicted molar refractivity (Wildman–Crippen MR) is 109 cm³/mol. The minimum absolute atomic E-state index is 0.0600. The Morgan fingerprint density at radius 2 is 2.10 bits per heavy atom. The van der Waals surface area contributed by atoms with Gasteiger partial charge in [-0.15, -0.1) is 0 Å². The van der Waals surface area contributed by atoms with Crippen LogP contribution < -0.4 is 5.32 Å². The fourth-order valence-corrected chi connectivity index (χ4v) is 4.51. The van der Waals surface area contributed by atoms with E-state index in [4.69, 9.17) is 9.15 Å². The van der Waals surface area contributed by atoms with E-state index in [1.54, 1.807) is 6.07 Å². The number of fused-ring (bicyclic) bond motifs is 1. The van der Waals surface area contributed by atoms with Crippen molar-refractivity contribution in [3.8, 4) is 0 Å². The van der Waals surface area contributed by atoms with Gasteiger partial charge in [0.15, 0.2) is 0 Å². The summed E-state index contributed by atoms with van der Waals surface area (Å²) in [7, 11) is 0. The lowest BCUT2D eigenvalue weighted by atomic mass is 9.97. The molecule has 0 saturated carbocycles. The molecule has 2 atom stereocenters. The van der Waals surface area contributed by atoms with Crippen molar-refractivity contribution in [3.63, 3.8) is 0 Å². The van der Waals surface area contributed by atoms with E-state index in [0.29, 0.717) is 17.3 Å². The second-order valence-corrected chi connectivity index (χ2v) is 8.27. The van der Waals surface area contributed by atoms with Crippen molar-refractivity contribution >= 4 is 17.0 Å². The molecule has 7 heteroatoms. The largest absolute Gasteiger partial charge is 0.459 e. The SMILES string of the molecule is Cc1c(C(C)NC(=O)N2CCCC(CN3CCOCC3)C2)oc2ccc(F)cc12. The van der Waals surface area contributed by atoms with E-state index >= 15 is 0 Å². The Kier molecular flexibility index (Phi) is 6.06. The van der Waals surface area contributed by atoms with Crippen molar-refractivity contribution in [2.75, 3.05) is 45.9 Å². The van der Waals surface area contributed by atoms with Crippen molar-refractivity contribution in [3.05, 3.63) is 35.3 Å². The summed E-state index contributed by atoms with van der Waals surface area (Å²) >= 11 is 0. The van der Waals surface area contributed by atoms with Gasteiger partial charge in [0.25, 0.3) is 0 Å². The molecule has 2 aliphatic rings. The maximum Gasteiger partial charge on any atom is 0.317 e. The quantitative estimate of drug-likeness (QED) is 0.846. The van der Waals surface area contributed by atoms with Gasteiger partial charge < -0.3 is 19.4 Å². The molecule has 29 heavy (non-hydrogen) atoms. The van der Waals surface area contributed by atoms with Crippen LogP contribution in [0, 0.1) is 18.7 Å². The van der Waals surface area contributed by atoms with Gasteiger partial charge in [-0.3, -0.25) is 4.90 Å². The average Bonchev–Trinajstić information content (AvgIpc) is 3.05. The first kappa shape index (κ1) is 20.2. The second-order valence-electron chi connectivity index (χ2n) is 8.27. The van der Waals surface area contributed by atoms with Gasteiger partial charge in [-0.1, -0.05) is 0 Å². The molecule has 6 nitrogen and oxygen atoms in total. The van der Waals surface area contributed by atoms with Crippen LogP contribution in [0.4, 0.5) is 9.18 Å². The molecule has 2 aliphatic heterocycles. The number of benzene rings is 1. The van der Waals surface area contributed by atoms with Gasteiger partial charge in [-0.2, -0.15) is 0 Å². The number of amides is 2. The van der Waals surface area contributed by atoms with Crippen LogP contribution in [0.25, 0.3) is 11.0 Å². The number of aryl methyl sites for hydroxylation is 1. The van der Waals surface area contributed by atoms with Crippen molar-refractivity contribution in [2.45, 2.75) is 32.7 Å². The zero-order valence-corrected chi connectivity index (χ0v) is 17.2. The maximum atomic E-state index is 13.6.